The first kappa shape index (κ1) is 21.8. The Balaban J connectivity index is 2.28. The molecular formula is C21H28N2O4S. The van der Waals surface area contributed by atoms with E-state index in [0.29, 0.717) is 11.4 Å². The topological polar surface area (TPSA) is 75.7 Å². The lowest BCUT2D eigenvalue weighted by atomic mass is 10.00. The largest absolute Gasteiger partial charge is 0.497 e. The van der Waals surface area contributed by atoms with Crippen LogP contribution >= 0.6 is 0 Å². The van der Waals surface area contributed by atoms with Gasteiger partial charge in [-0.05, 0) is 51.0 Å². The molecule has 2 atom stereocenters. The average molecular weight is 405 g/mol. The summed E-state index contributed by atoms with van der Waals surface area (Å²) in [6.45, 7) is 7.47. The summed E-state index contributed by atoms with van der Waals surface area (Å²) in [5.74, 6) is 0.142. The Morgan fingerprint density at radius 3 is 2.36 bits per heavy atom. The molecule has 1 amide bonds. The van der Waals surface area contributed by atoms with Gasteiger partial charge in [0.1, 0.15) is 11.8 Å². The van der Waals surface area contributed by atoms with Crippen molar-refractivity contribution in [1.29, 1.82) is 0 Å². The van der Waals surface area contributed by atoms with Crippen LogP contribution in [-0.2, 0) is 14.8 Å². The Morgan fingerprint density at radius 1 is 1.11 bits per heavy atom. The van der Waals surface area contributed by atoms with Crippen molar-refractivity contribution in [2.45, 2.75) is 39.8 Å². The van der Waals surface area contributed by atoms with E-state index >= 15 is 0 Å². The highest BCUT2D eigenvalue weighted by molar-refractivity contribution is 7.92. The number of aryl methyl sites for hydroxylation is 2. The third-order valence-electron chi connectivity index (χ3n) is 4.65. The van der Waals surface area contributed by atoms with Gasteiger partial charge in [-0.1, -0.05) is 29.8 Å². The van der Waals surface area contributed by atoms with Crippen LogP contribution in [0.5, 0.6) is 5.75 Å². The smallest absolute Gasteiger partial charge is 0.244 e. The zero-order valence-corrected chi connectivity index (χ0v) is 18.0. The summed E-state index contributed by atoms with van der Waals surface area (Å²) in [4.78, 5) is 12.9. The number of carbonyl (C=O) groups is 1. The maximum atomic E-state index is 12.9. The van der Waals surface area contributed by atoms with Crippen LogP contribution in [0.3, 0.4) is 0 Å². The first-order valence-electron chi connectivity index (χ1n) is 9.05. The number of nitrogens with one attached hydrogen (secondary N) is 1. The Kier molecular flexibility index (Phi) is 6.72. The molecule has 0 aliphatic heterocycles. The van der Waals surface area contributed by atoms with Crippen LogP contribution in [-0.4, -0.2) is 33.7 Å². The van der Waals surface area contributed by atoms with Gasteiger partial charge in [0.2, 0.25) is 15.9 Å². The Hall–Kier alpha value is -2.54. The molecule has 0 spiro atoms. The molecular weight excluding hydrogens is 376 g/mol. The van der Waals surface area contributed by atoms with Crippen molar-refractivity contribution in [1.82, 2.24) is 5.32 Å². The van der Waals surface area contributed by atoms with Gasteiger partial charge in [-0.2, -0.15) is 0 Å². The molecule has 0 heterocycles. The predicted molar refractivity (Wildman–Crippen MR) is 112 cm³/mol. The van der Waals surface area contributed by atoms with Crippen molar-refractivity contribution >= 4 is 21.6 Å². The summed E-state index contributed by atoms with van der Waals surface area (Å²) >= 11 is 0. The van der Waals surface area contributed by atoms with Gasteiger partial charge in [0, 0.05) is 6.07 Å². The lowest BCUT2D eigenvalue weighted by Gasteiger charge is -2.29. The second-order valence-electron chi connectivity index (χ2n) is 7.03. The molecule has 0 saturated heterocycles. The average Bonchev–Trinajstić information content (AvgIpc) is 2.60. The molecule has 7 heteroatoms. The molecule has 0 aliphatic rings. The third kappa shape index (κ3) is 5.04. The summed E-state index contributed by atoms with van der Waals surface area (Å²) in [5, 5.41) is 2.93. The summed E-state index contributed by atoms with van der Waals surface area (Å²) in [5.41, 5.74) is 3.60. The van der Waals surface area contributed by atoms with Crippen molar-refractivity contribution in [3.8, 4) is 5.75 Å². The van der Waals surface area contributed by atoms with Crippen LogP contribution in [0.25, 0.3) is 0 Å². The highest BCUT2D eigenvalue weighted by Gasteiger charge is 2.30. The number of methoxy groups -OCH3 is 1. The lowest BCUT2D eigenvalue weighted by molar-refractivity contribution is -0.122. The molecule has 1 N–H and O–H groups in total. The van der Waals surface area contributed by atoms with E-state index in [2.05, 4.69) is 11.4 Å². The molecule has 2 aromatic rings. The van der Waals surface area contributed by atoms with Gasteiger partial charge in [0.25, 0.3) is 0 Å². The van der Waals surface area contributed by atoms with Gasteiger partial charge < -0.3 is 10.1 Å². The van der Waals surface area contributed by atoms with Crippen LogP contribution in [0.2, 0.25) is 0 Å². The van der Waals surface area contributed by atoms with Crippen molar-refractivity contribution in [3.05, 3.63) is 59.2 Å². The Morgan fingerprint density at radius 2 is 1.79 bits per heavy atom. The van der Waals surface area contributed by atoms with Crippen molar-refractivity contribution < 1.29 is 17.9 Å². The normalized spacial score (nSPS) is 13.5. The highest BCUT2D eigenvalue weighted by Crippen LogP contribution is 2.26. The summed E-state index contributed by atoms with van der Waals surface area (Å²) < 4.78 is 31.2. The third-order valence-corrected chi connectivity index (χ3v) is 5.89. The number of benzene rings is 2. The van der Waals surface area contributed by atoms with E-state index in [-0.39, 0.29) is 11.9 Å². The van der Waals surface area contributed by atoms with Crippen LogP contribution in [0.4, 0.5) is 5.69 Å². The second-order valence-corrected chi connectivity index (χ2v) is 8.89. The van der Waals surface area contributed by atoms with E-state index in [9.17, 15) is 13.2 Å². The van der Waals surface area contributed by atoms with Crippen LogP contribution in [0.1, 0.15) is 36.6 Å². The zero-order chi connectivity index (χ0) is 21.1. The SMILES string of the molecule is COc1cccc(N([C@@H](C)C(=O)N[C@@H](C)c2ccc(C)cc2C)S(C)(=O)=O)c1. The second kappa shape index (κ2) is 8.65. The van der Waals surface area contributed by atoms with Gasteiger partial charge in [-0.25, -0.2) is 8.42 Å². The summed E-state index contributed by atoms with van der Waals surface area (Å²) in [7, 11) is -2.18. The van der Waals surface area contributed by atoms with E-state index in [4.69, 9.17) is 4.74 Å². The van der Waals surface area contributed by atoms with E-state index in [0.717, 1.165) is 27.3 Å². The quantitative estimate of drug-likeness (QED) is 0.768. The molecule has 0 saturated carbocycles. The summed E-state index contributed by atoms with van der Waals surface area (Å²) in [6, 6.07) is 11.5. The molecule has 0 fully saturated rings. The molecule has 0 unspecified atom stereocenters. The van der Waals surface area contributed by atoms with Crippen molar-refractivity contribution in [2.75, 3.05) is 17.7 Å². The van der Waals surface area contributed by atoms with Crippen molar-refractivity contribution in [2.24, 2.45) is 0 Å². The molecule has 0 radical (unpaired) electrons. The zero-order valence-electron chi connectivity index (χ0n) is 17.2. The number of ether oxygens (including phenoxy) is 1. The predicted octanol–water partition coefficient (Wildman–Crippen LogP) is 3.34. The number of amides is 1. The molecule has 28 heavy (non-hydrogen) atoms. The number of hydrogen-bond donors (Lipinski definition) is 1. The highest BCUT2D eigenvalue weighted by atomic mass is 32.2. The molecule has 0 bridgehead atoms. The molecule has 0 aromatic heterocycles. The number of hydrogen-bond acceptors (Lipinski definition) is 4. The maximum absolute atomic E-state index is 12.9. The first-order chi connectivity index (χ1) is 13.0. The Bertz CT molecular complexity index is 957. The van der Waals surface area contributed by atoms with Crippen molar-refractivity contribution in [3.63, 3.8) is 0 Å². The van der Waals surface area contributed by atoms with Crippen LogP contribution in [0, 0.1) is 13.8 Å². The molecule has 6 nitrogen and oxygen atoms in total. The van der Waals surface area contributed by atoms with Gasteiger partial charge in [0.05, 0.1) is 25.1 Å². The maximum Gasteiger partial charge on any atom is 0.244 e. The number of carbonyl (C=O) groups excluding carboxylic acids is 1. The van der Waals surface area contributed by atoms with Crippen LogP contribution < -0.4 is 14.4 Å². The number of sulfonamides is 1. The fourth-order valence-corrected chi connectivity index (χ4v) is 4.45. The standard InChI is InChI=1S/C21H28N2O4S/c1-14-10-11-20(15(2)12-14)16(3)22-21(24)17(4)23(28(6,25)26)18-8-7-9-19(13-18)27-5/h7-13,16-17H,1-6H3,(H,22,24)/t16-,17-/m0/s1. The fourth-order valence-electron chi connectivity index (χ4n) is 3.28. The van der Waals surface area contributed by atoms with E-state index < -0.39 is 16.1 Å². The van der Waals surface area contributed by atoms with Gasteiger partial charge in [-0.3, -0.25) is 9.10 Å². The molecule has 2 aromatic carbocycles. The van der Waals surface area contributed by atoms with Crippen LogP contribution in [0.15, 0.2) is 42.5 Å². The lowest BCUT2D eigenvalue weighted by Crippen LogP contribution is -2.48. The number of rotatable bonds is 7. The van der Waals surface area contributed by atoms with E-state index in [1.807, 2.05) is 32.9 Å². The van der Waals surface area contributed by atoms with Gasteiger partial charge in [-0.15, -0.1) is 0 Å². The summed E-state index contributed by atoms with van der Waals surface area (Å²) in [6.07, 6.45) is 1.09. The van der Waals surface area contributed by atoms with Gasteiger partial charge >= 0.3 is 0 Å². The minimum atomic E-state index is -3.68. The first-order valence-corrected chi connectivity index (χ1v) is 10.9. The van der Waals surface area contributed by atoms with Gasteiger partial charge in [0.15, 0.2) is 0 Å². The molecule has 152 valence electrons. The molecule has 2 rings (SSSR count). The molecule has 0 aliphatic carbocycles. The minimum Gasteiger partial charge on any atom is -0.497 e. The van der Waals surface area contributed by atoms with E-state index in [1.54, 1.807) is 31.2 Å². The number of anilines is 1. The monoisotopic (exact) mass is 404 g/mol. The fraction of sp³-hybridized carbons (Fsp3) is 0.381. The number of nitrogens with zero attached hydrogens (tertiary/aromatic N) is 1. The Labute approximate surface area is 167 Å². The minimum absolute atomic E-state index is 0.248. The van der Waals surface area contributed by atoms with E-state index in [1.165, 1.54) is 7.11 Å².